The fourth-order valence-corrected chi connectivity index (χ4v) is 3.23. The highest BCUT2D eigenvalue weighted by Crippen LogP contribution is 2.46. The molecule has 3 rings (SSSR count). The number of fused-ring (bicyclic) bond motifs is 1. The van der Waals surface area contributed by atoms with Crippen LogP contribution in [-0.4, -0.2) is 93.4 Å². The van der Waals surface area contributed by atoms with E-state index in [0.29, 0.717) is 5.06 Å². The van der Waals surface area contributed by atoms with Gasteiger partial charge in [-0.3, -0.25) is 9.63 Å². The van der Waals surface area contributed by atoms with Gasteiger partial charge in [-0.2, -0.15) is 5.06 Å². The minimum atomic E-state index is -3.34. The Balaban J connectivity index is 2.12. The van der Waals surface area contributed by atoms with E-state index >= 15 is 0 Å². The summed E-state index contributed by atoms with van der Waals surface area (Å²) in [6, 6.07) is 4.11. The number of aliphatic hydroxyl groups is 6. The first-order valence-corrected chi connectivity index (χ1v) is 8.16. The van der Waals surface area contributed by atoms with E-state index in [0.717, 1.165) is 7.11 Å². The molecule has 2 aliphatic rings. The number of hydroxylamine groups is 1. The van der Waals surface area contributed by atoms with Crippen LogP contribution in [0.2, 0.25) is 0 Å². The zero-order chi connectivity index (χ0) is 20.9. The Morgan fingerprint density at radius 1 is 1.21 bits per heavy atom. The number of nitrogens with zero attached hydrogens (tertiary/aromatic N) is 1. The summed E-state index contributed by atoms with van der Waals surface area (Å²) in [5, 5.41) is 62.4. The number of hydrogen-bond donors (Lipinski definition) is 6. The van der Waals surface area contributed by atoms with E-state index in [4.69, 9.17) is 19.0 Å². The predicted octanol–water partition coefficient (Wildman–Crippen LogP) is -3.17. The van der Waals surface area contributed by atoms with E-state index in [-0.39, 0.29) is 17.2 Å². The second-order valence-electron chi connectivity index (χ2n) is 6.33. The molecular formula is C16H21NO11. The van der Waals surface area contributed by atoms with Gasteiger partial charge in [-0.05, 0) is 12.1 Å². The molecule has 1 amide bonds. The van der Waals surface area contributed by atoms with Gasteiger partial charge in [0.15, 0.2) is 12.0 Å². The van der Waals surface area contributed by atoms with Crippen LogP contribution in [-0.2, 0) is 14.4 Å². The number of amides is 1. The Hall–Kier alpha value is -2.03. The Morgan fingerprint density at radius 3 is 2.46 bits per heavy atom. The van der Waals surface area contributed by atoms with E-state index in [1.807, 2.05) is 0 Å². The second-order valence-corrected chi connectivity index (χ2v) is 6.33. The van der Waals surface area contributed by atoms with E-state index in [9.17, 15) is 35.4 Å². The molecule has 0 saturated carbocycles. The number of aliphatic hydroxyl groups excluding tert-OH is 4. The van der Waals surface area contributed by atoms with Gasteiger partial charge < -0.3 is 44.8 Å². The zero-order valence-corrected chi connectivity index (χ0v) is 14.9. The molecule has 0 spiro atoms. The molecule has 0 bridgehead atoms. The molecule has 2 heterocycles. The fraction of sp³-hybridized carbons (Fsp3) is 0.562. The molecule has 6 N–H and O–H groups in total. The molecule has 28 heavy (non-hydrogen) atoms. The molecule has 12 nitrogen and oxygen atoms in total. The summed E-state index contributed by atoms with van der Waals surface area (Å²) in [5.74, 6) is -4.69. The Labute approximate surface area is 158 Å². The van der Waals surface area contributed by atoms with Crippen LogP contribution in [0.25, 0.3) is 0 Å². The summed E-state index contributed by atoms with van der Waals surface area (Å²) in [5.41, 5.74) is -3.22. The van der Waals surface area contributed by atoms with Gasteiger partial charge in [-0.1, -0.05) is 0 Å². The number of carbonyl (C=O) groups excluding carboxylic acids is 1. The van der Waals surface area contributed by atoms with Crippen LogP contribution < -0.4 is 14.5 Å². The molecule has 1 aromatic carbocycles. The molecule has 0 aromatic heterocycles. The molecule has 1 fully saturated rings. The maximum atomic E-state index is 12.9. The van der Waals surface area contributed by atoms with Crippen LogP contribution in [0.3, 0.4) is 0 Å². The van der Waals surface area contributed by atoms with Crippen molar-refractivity contribution in [2.24, 2.45) is 0 Å². The third-order valence-corrected chi connectivity index (χ3v) is 4.86. The normalized spacial score (nSPS) is 38.0. The Morgan fingerprint density at radius 2 is 1.89 bits per heavy atom. The number of anilines is 1. The molecule has 0 aliphatic carbocycles. The van der Waals surface area contributed by atoms with Crippen molar-refractivity contribution in [3.8, 4) is 11.5 Å². The van der Waals surface area contributed by atoms with Crippen molar-refractivity contribution >= 4 is 11.6 Å². The first-order chi connectivity index (χ1) is 13.1. The zero-order valence-electron chi connectivity index (χ0n) is 14.9. The quantitative estimate of drug-likeness (QED) is 0.299. The Kier molecular flexibility index (Phi) is 5.24. The SMILES string of the molecule is COc1ccc2c(c1)OC(O)([C@]1(O)[C@H](O)O[C@H](CO)[C@@H](O)[C@@H]1O)C(=O)N2OC. The minimum Gasteiger partial charge on any atom is -0.497 e. The molecular weight excluding hydrogens is 382 g/mol. The third-order valence-electron chi connectivity index (χ3n) is 4.86. The van der Waals surface area contributed by atoms with Crippen LogP contribution in [0.1, 0.15) is 0 Å². The lowest BCUT2D eigenvalue weighted by Gasteiger charge is -2.53. The lowest BCUT2D eigenvalue weighted by Crippen LogP contribution is -2.81. The summed E-state index contributed by atoms with van der Waals surface area (Å²) in [4.78, 5) is 17.8. The molecule has 1 unspecified atom stereocenters. The summed E-state index contributed by atoms with van der Waals surface area (Å²) >= 11 is 0. The molecule has 1 saturated heterocycles. The molecule has 156 valence electrons. The average molecular weight is 403 g/mol. The van der Waals surface area contributed by atoms with Crippen molar-refractivity contribution < 1.29 is 54.5 Å². The van der Waals surface area contributed by atoms with Crippen LogP contribution >= 0.6 is 0 Å². The minimum absolute atomic E-state index is 0.0380. The monoisotopic (exact) mass is 403 g/mol. The summed E-state index contributed by atoms with van der Waals surface area (Å²) in [6.45, 7) is -0.817. The average Bonchev–Trinajstić information content (AvgIpc) is 2.69. The van der Waals surface area contributed by atoms with Gasteiger partial charge in [0.2, 0.25) is 5.60 Å². The summed E-state index contributed by atoms with van der Waals surface area (Å²) in [7, 11) is 2.46. The number of methoxy groups -OCH3 is 1. The van der Waals surface area contributed by atoms with Gasteiger partial charge in [0.1, 0.15) is 29.7 Å². The number of rotatable bonds is 4. The largest absolute Gasteiger partial charge is 0.497 e. The maximum absolute atomic E-state index is 12.9. The van der Waals surface area contributed by atoms with Crippen molar-refractivity contribution in [2.45, 2.75) is 36.0 Å². The van der Waals surface area contributed by atoms with Gasteiger partial charge in [-0.15, -0.1) is 0 Å². The first kappa shape index (κ1) is 20.7. The number of hydrogen-bond acceptors (Lipinski definition) is 11. The van der Waals surface area contributed by atoms with Crippen molar-refractivity contribution in [1.82, 2.24) is 0 Å². The number of ether oxygens (including phenoxy) is 3. The first-order valence-electron chi connectivity index (χ1n) is 8.16. The van der Waals surface area contributed by atoms with Gasteiger partial charge in [0, 0.05) is 6.07 Å². The van der Waals surface area contributed by atoms with Crippen molar-refractivity contribution in [3.63, 3.8) is 0 Å². The highest BCUT2D eigenvalue weighted by atomic mass is 16.7. The standard InChI is InChI=1S/C16H21NO11/c1-25-7-3-4-8-9(5-7)28-16(24,13(21)17(8)26-2)15(23)12(20)11(19)10(6-18)27-14(15)22/h3-5,10-12,14,18-20,22-24H,6H2,1-2H3/t10-,11-,12+,14-,15-,16?/m1/s1. The van der Waals surface area contributed by atoms with Gasteiger partial charge in [-0.25, -0.2) is 0 Å². The van der Waals surface area contributed by atoms with Gasteiger partial charge in [0.05, 0.1) is 20.8 Å². The molecule has 0 radical (unpaired) electrons. The van der Waals surface area contributed by atoms with Crippen LogP contribution in [0.4, 0.5) is 5.69 Å². The topological polar surface area (TPSA) is 179 Å². The molecule has 6 atom stereocenters. The second kappa shape index (κ2) is 7.09. The smallest absolute Gasteiger partial charge is 0.328 e. The highest BCUT2D eigenvalue weighted by molar-refractivity contribution is 6.01. The highest BCUT2D eigenvalue weighted by Gasteiger charge is 2.72. The summed E-state index contributed by atoms with van der Waals surface area (Å²) in [6.07, 6.45) is -8.24. The van der Waals surface area contributed by atoms with Crippen LogP contribution in [0.15, 0.2) is 18.2 Å². The van der Waals surface area contributed by atoms with Crippen molar-refractivity contribution in [3.05, 3.63) is 18.2 Å². The number of carbonyl (C=O) groups is 1. The third kappa shape index (κ3) is 2.66. The van der Waals surface area contributed by atoms with E-state index in [1.165, 1.54) is 25.3 Å². The maximum Gasteiger partial charge on any atom is 0.328 e. The lowest BCUT2D eigenvalue weighted by atomic mass is 9.78. The van der Waals surface area contributed by atoms with Gasteiger partial charge >= 0.3 is 11.7 Å². The van der Waals surface area contributed by atoms with Crippen LogP contribution in [0, 0.1) is 0 Å². The van der Waals surface area contributed by atoms with E-state index in [2.05, 4.69) is 0 Å². The lowest BCUT2D eigenvalue weighted by molar-refractivity contribution is -0.391. The van der Waals surface area contributed by atoms with Crippen molar-refractivity contribution in [2.75, 3.05) is 25.9 Å². The summed E-state index contributed by atoms with van der Waals surface area (Å²) < 4.78 is 15.2. The van der Waals surface area contributed by atoms with E-state index in [1.54, 1.807) is 0 Å². The fourth-order valence-electron chi connectivity index (χ4n) is 3.23. The molecule has 12 heteroatoms. The van der Waals surface area contributed by atoms with E-state index < -0.39 is 48.5 Å². The van der Waals surface area contributed by atoms with Crippen molar-refractivity contribution in [1.29, 1.82) is 0 Å². The Bertz CT molecular complexity index is 760. The van der Waals surface area contributed by atoms with Crippen LogP contribution in [0.5, 0.6) is 11.5 Å². The predicted molar refractivity (Wildman–Crippen MR) is 88.0 cm³/mol. The molecule has 1 aromatic rings. The van der Waals surface area contributed by atoms with Gasteiger partial charge in [0.25, 0.3) is 0 Å². The number of benzene rings is 1. The molecule has 2 aliphatic heterocycles.